The molecule has 0 N–H and O–H groups in total. The first kappa shape index (κ1) is 15.2. The average molecular weight is 345 g/mol. The van der Waals surface area contributed by atoms with Crippen LogP contribution in [0.2, 0.25) is 19.6 Å². The van der Waals surface area contributed by atoms with E-state index in [1.807, 2.05) is 18.2 Å². The van der Waals surface area contributed by atoms with E-state index in [0.29, 0.717) is 0 Å². The molecule has 2 rings (SSSR count). The molecule has 103 valence electrons. The molecule has 0 saturated carbocycles. The van der Waals surface area contributed by atoms with Crippen LogP contribution in [0.25, 0.3) is 0 Å². The zero-order valence-corrected chi connectivity index (χ0v) is 14.9. The zero-order chi connectivity index (χ0) is 14.6. The van der Waals surface area contributed by atoms with Gasteiger partial charge in [-0.05, 0) is 0 Å². The zero-order valence-electron chi connectivity index (χ0n) is 12.2. The molecule has 2 aromatic carbocycles. The van der Waals surface area contributed by atoms with Gasteiger partial charge in [0.25, 0.3) is 0 Å². The van der Waals surface area contributed by atoms with Crippen molar-refractivity contribution in [2.45, 2.75) is 25.3 Å². The van der Waals surface area contributed by atoms with Gasteiger partial charge >= 0.3 is 131 Å². The Morgan fingerprint density at radius 1 is 0.900 bits per heavy atom. The molecule has 0 aliphatic carbocycles. The van der Waals surface area contributed by atoms with Crippen molar-refractivity contribution >= 4 is 28.7 Å². The number of hydrogen-bond donors (Lipinski definition) is 0. The second-order valence-corrected chi connectivity index (χ2v) is 12.1. The van der Waals surface area contributed by atoms with E-state index in [1.54, 1.807) is 0 Å². The molecular weight excluding hydrogens is 325 g/mol. The quantitative estimate of drug-likeness (QED) is 0.581. The Hall–Kier alpha value is -1.15. The number of rotatable bonds is 4. The summed E-state index contributed by atoms with van der Waals surface area (Å²) in [5.74, 6) is 0. The average Bonchev–Trinajstić information content (AvgIpc) is 2.45. The summed E-state index contributed by atoms with van der Waals surface area (Å²) < 4.78 is 1.00. The first-order chi connectivity index (χ1) is 9.48. The van der Waals surface area contributed by atoms with Crippen LogP contribution in [0, 0.1) is 0 Å². The molecule has 0 aliphatic heterocycles. The fourth-order valence-electron chi connectivity index (χ4n) is 2.18. The standard InChI is InChI=1S/C17H20NSeSi/c1-20(2,3)17(15-12-8-5-9-13-15)18-16(19)14-10-6-4-7-11-14/h4-13,17H,1-3H3/b18-16-. The number of benzene rings is 2. The Morgan fingerprint density at radius 2 is 1.40 bits per heavy atom. The van der Waals surface area contributed by atoms with Crippen molar-refractivity contribution in [3.8, 4) is 0 Å². The van der Waals surface area contributed by atoms with Gasteiger partial charge in [-0.15, -0.1) is 0 Å². The Bertz CT molecular complexity index is 573. The van der Waals surface area contributed by atoms with Crippen LogP contribution < -0.4 is 0 Å². The number of nitrogens with zero attached hydrogens (tertiary/aromatic N) is 1. The second kappa shape index (κ2) is 6.53. The van der Waals surface area contributed by atoms with Crippen LogP contribution in [0.15, 0.2) is 65.7 Å². The van der Waals surface area contributed by atoms with Gasteiger partial charge in [-0.25, -0.2) is 0 Å². The third kappa shape index (κ3) is 3.92. The summed E-state index contributed by atoms with van der Waals surface area (Å²) in [6.45, 7) is 7.10. The normalized spacial score (nSPS) is 14.1. The second-order valence-electron chi connectivity index (χ2n) is 5.98. The summed E-state index contributed by atoms with van der Waals surface area (Å²) in [5.41, 5.74) is 2.75. The third-order valence-electron chi connectivity index (χ3n) is 3.20. The van der Waals surface area contributed by atoms with Crippen LogP contribution in [-0.4, -0.2) is 28.7 Å². The minimum atomic E-state index is -1.43. The molecule has 0 aromatic heterocycles. The van der Waals surface area contributed by atoms with Crippen LogP contribution in [0.4, 0.5) is 0 Å². The van der Waals surface area contributed by atoms with Crippen LogP contribution >= 0.6 is 0 Å². The number of hydrogen-bond acceptors (Lipinski definition) is 1. The van der Waals surface area contributed by atoms with E-state index in [-0.39, 0.29) is 5.67 Å². The van der Waals surface area contributed by atoms with E-state index in [0.717, 1.165) is 10.2 Å². The topological polar surface area (TPSA) is 12.4 Å². The predicted octanol–water partition coefficient (Wildman–Crippen LogP) is 4.22. The molecular formula is C17H20NSeSi. The molecule has 0 aliphatic rings. The van der Waals surface area contributed by atoms with E-state index < -0.39 is 8.07 Å². The van der Waals surface area contributed by atoms with Gasteiger partial charge in [-0.3, -0.25) is 0 Å². The first-order valence-electron chi connectivity index (χ1n) is 6.83. The van der Waals surface area contributed by atoms with Crippen molar-refractivity contribution in [2.24, 2.45) is 4.99 Å². The van der Waals surface area contributed by atoms with Crippen molar-refractivity contribution in [3.05, 3.63) is 71.8 Å². The molecule has 2 aromatic rings. The van der Waals surface area contributed by atoms with Gasteiger partial charge in [0, 0.05) is 0 Å². The summed E-state index contributed by atoms with van der Waals surface area (Å²) in [6.07, 6.45) is 0. The van der Waals surface area contributed by atoms with Gasteiger partial charge in [-0.1, -0.05) is 0 Å². The maximum absolute atomic E-state index is 5.01. The molecule has 0 heterocycles. The van der Waals surface area contributed by atoms with Crippen molar-refractivity contribution in [1.82, 2.24) is 0 Å². The van der Waals surface area contributed by atoms with Gasteiger partial charge in [0.05, 0.1) is 0 Å². The van der Waals surface area contributed by atoms with Crippen LogP contribution in [-0.2, 0) is 0 Å². The van der Waals surface area contributed by atoms with E-state index in [9.17, 15) is 0 Å². The molecule has 1 nitrogen and oxygen atoms in total. The van der Waals surface area contributed by atoms with E-state index >= 15 is 0 Å². The summed E-state index contributed by atoms with van der Waals surface area (Å²) in [6, 6.07) is 21.0. The first-order valence-corrected chi connectivity index (χ1v) is 11.3. The van der Waals surface area contributed by atoms with Crippen LogP contribution in [0.3, 0.4) is 0 Å². The Labute approximate surface area is 131 Å². The molecule has 1 atom stereocenters. The summed E-state index contributed by atoms with van der Waals surface area (Å²) in [4.78, 5) is 5.01. The van der Waals surface area contributed by atoms with Gasteiger partial charge < -0.3 is 0 Å². The van der Waals surface area contributed by atoms with Crippen molar-refractivity contribution in [2.75, 3.05) is 0 Å². The van der Waals surface area contributed by atoms with Crippen molar-refractivity contribution < 1.29 is 0 Å². The van der Waals surface area contributed by atoms with E-state index in [1.165, 1.54) is 5.56 Å². The van der Waals surface area contributed by atoms with Crippen LogP contribution in [0.1, 0.15) is 16.8 Å². The fraction of sp³-hybridized carbons (Fsp3) is 0.235. The Kier molecular flexibility index (Phi) is 4.98. The Morgan fingerprint density at radius 3 is 1.90 bits per heavy atom. The predicted molar refractivity (Wildman–Crippen MR) is 91.3 cm³/mol. The minimum absolute atomic E-state index is 0.278. The third-order valence-corrected chi connectivity index (χ3v) is 6.02. The van der Waals surface area contributed by atoms with E-state index in [4.69, 9.17) is 4.99 Å². The summed E-state index contributed by atoms with van der Waals surface area (Å²) >= 11 is 3.14. The molecule has 3 heteroatoms. The SMILES string of the molecule is C[Si](C)(C)C(/N=C(\[Se])c1ccccc1)c1ccccc1. The monoisotopic (exact) mass is 346 g/mol. The molecule has 0 saturated heterocycles. The number of aliphatic imine (C=N–C) groups is 1. The van der Waals surface area contributed by atoms with Gasteiger partial charge in [0.2, 0.25) is 0 Å². The fourth-order valence-corrected chi connectivity index (χ4v) is 4.60. The van der Waals surface area contributed by atoms with Gasteiger partial charge in [0.1, 0.15) is 0 Å². The van der Waals surface area contributed by atoms with Crippen molar-refractivity contribution in [1.29, 1.82) is 0 Å². The molecule has 0 spiro atoms. The summed E-state index contributed by atoms with van der Waals surface area (Å²) in [5, 5.41) is 0. The Balaban J connectivity index is 2.39. The molecule has 1 unspecified atom stereocenters. The summed E-state index contributed by atoms with van der Waals surface area (Å²) in [7, 11) is -1.43. The maximum atomic E-state index is 5.01. The molecule has 20 heavy (non-hydrogen) atoms. The molecule has 0 bridgehead atoms. The molecule has 0 fully saturated rings. The molecule has 1 radical (unpaired) electrons. The van der Waals surface area contributed by atoms with E-state index in [2.05, 4.69) is 78.1 Å². The van der Waals surface area contributed by atoms with Gasteiger partial charge in [-0.2, -0.15) is 0 Å². The molecule has 0 amide bonds. The van der Waals surface area contributed by atoms with Crippen molar-refractivity contribution in [3.63, 3.8) is 0 Å². The van der Waals surface area contributed by atoms with Gasteiger partial charge in [0.15, 0.2) is 0 Å². The van der Waals surface area contributed by atoms with Crippen LogP contribution in [0.5, 0.6) is 0 Å².